The van der Waals surface area contributed by atoms with Gasteiger partial charge in [0, 0.05) is 16.6 Å². The molecule has 0 atom stereocenters. The van der Waals surface area contributed by atoms with Crippen molar-refractivity contribution in [3.05, 3.63) is 72.2 Å². The number of rotatable bonds is 6. The molecule has 4 rings (SSSR count). The SMILES string of the molecule is COc1ccc(C(=O)NNc2ncnc(Nc3cccc4ccc(C)nc34)c2N)cc1. The van der Waals surface area contributed by atoms with Crippen LogP contribution in [-0.4, -0.2) is 28.0 Å². The molecule has 0 radical (unpaired) electrons. The highest BCUT2D eigenvalue weighted by Gasteiger charge is 2.12. The van der Waals surface area contributed by atoms with Crippen LogP contribution in [0, 0.1) is 6.92 Å². The number of carbonyl (C=O) groups excluding carboxylic acids is 1. The molecule has 5 N–H and O–H groups in total. The Kier molecular flexibility index (Phi) is 5.48. The number of hydrazine groups is 1. The summed E-state index contributed by atoms with van der Waals surface area (Å²) in [6.45, 7) is 1.93. The summed E-state index contributed by atoms with van der Waals surface area (Å²) in [6, 6.07) is 16.5. The molecule has 2 aromatic heterocycles. The van der Waals surface area contributed by atoms with E-state index in [1.165, 1.54) is 6.33 Å². The number of anilines is 4. The Morgan fingerprint density at radius 1 is 1.00 bits per heavy atom. The highest BCUT2D eigenvalue weighted by atomic mass is 16.5. The predicted molar refractivity (Wildman–Crippen MR) is 120 cm³/mol. The fourth-order valence-corrected chi connectivity index (χ4v) is 3.00. The molecule has 0 saturated carbocycles. The molecular weight excluding hydrogens is 394 g/mol. The summed E-state index contributed by atoms with van der Waals surface area (Å²) in [5.41, 5.74) is 14.7. The zero-order valence-corrected chi connectivity index (χ0v) is 17.0. The van der Waals surface area contributed by atoms with Crippen molar-refractivity contribution < 1.29 is 9.53 Å². The van der Waals surface area contributed by atoms with Crippen LogP contribution in [0.2, 0.25) is 0 Å². The fourth-order valence-electron chi connectivity index (χ4n) is 3.00. The molecule has 0 bridgehead atoms. The Labute approximate surface area is 178 Å². The number of hydrogen-bond donors (Lipinski definition) is 4. The second-order valence-corrected chi connectivity index (χ2v) is 6.75. The summed E-state index contributed by atoms with van der Waals surface area (Å²) in [5.74, 6) is 0.984. The second kappa shape index (κ2) is 8.54. The van der Waals surface area contributed by atoms with Gasteiger partial charge < -0.3 is 15.8 Å². The van der Waals surface area contributed by atoms with Gasteiger partial charge in [-0.2, -0.15) is 0 Å². The molecule has 0 aliphatic rings. The van der Waals surface area contributed by atoms with Crippen molar-refractivity contribution >= 4 is 39.8 Å². The number of methoxy groups -OCH3 is 1. The first-order chi connectivity index (χ1) is 15.0. The van der Waals surface area contributed by atoms with E-state index in [0.29, 0.717) is 17.1 Å². The third-order valence-electron chi connectivity index (χ3n) is 4.64. The number of pyridine rings is 1. The number of hydrogen-bond acceptors (Lipinski definition) is 8. The number of nitrogens with zero attached hydrogens (tertiary/aromatic N) is 3. The van der Waals surface area contributed by atoms with Crippen LogP contribution in [0.4, 0.5) is 23.0 Å². The smallest absolute Gasteiger partial charge is 0.269 e. The summed E-state index contributed by atoms with van der Waals surface area (Å²) in [7, 11) is 1.57. The number of nitrogens with two attached hydrogens (primary N) is 1. The molecule has 9 heteroatoms. The van der Waals surface area contributed by atoms with E-state index in [1.807, 2.05) is 37.3 Å². The first-order valence-electron chi connectivity index (χ1n) is 9.49. The Morgan fingerprint density at radius 2 is 1.77 bits per heavy atom. The summed E-state index contributed by atoms with van der Waals surface area (Å²) >= 11 is 0. The van der Waals surface area contributed by atoms with Gasteiger partial charge in [-0.15, -0.1) is 0 Å². The van der Waals surface area contributed by atoms with Crippen molar-refractivity contribution in [2.45, 2.75) is 6.92 Å². The number of aromatic nitrogens is 3. The van der Waals surface area contributed by atoms with Crippen LogP contribution in [0.1, 0.15) is 16.1 Å². The molecule has 0 saturated heterocycles. The van der Waals surface area contributed by atoms with Gasteiger partial charge in [-0.1, -0.05) is 18.2 Å². The van der Waals surface area contributed by atoms with E-state index < -0.39 is 0 Å². The minimum absolute atomic E-state index is 0.252. The van der Waals surface area contributed by atoms with Gasteiger partial charge in [-0.3, -0.25) is 20.6 Å². The maximum Gasteiger partial charge on any atom is 0.269 e. The summed E-state index contributed by atoms with van der Waals surface area (Å²) < 4.78 is 5.10. The second-order valence-electron chi connectivity index (χ2n) is 6.75. The van der Waals surface area contributed by atoms with Gasteiger partial charge >= 0.3 is 0 Å². The average Bonchev–Trinajstić information content (AvgIpc) is 2.80. The number of nitrogens with one attached hydrogen (secondary N) is 3. The number of amides is 1. The van der Waals surface area contributed by atoms with Gasteiger partial charge in [0.15, 0.2) is 11.6 Å². The molecule has 156 valence electrons. The van der Waals surface area contributed by atoms with Gasteiger partial charge in [0.1, 0.15) is 17.8 Å². The van der Waals surface area contributed by atoms with Crippen molar-refractivity contribution in [3.8, 4) is 5.75 Å². The lowest BCUT2D eigenvalue weighted by Gasteiger charge is -2.14. The molecule has 0 aliphatic heterocycles. The molecule has 31 heavy (non-hydrogen) atoms. The Hall–Kier alpha value is -4.40. The van der Waals surface area contributed by atoms with Crippen LogP contribution in [0.15, 0.2) is 60.9 Å². The van der Waals surface area contributed by atoms with E-state index in [-0.39, 0.29) is 17.4 Å². The minimum Gasteiger partial charge on any atom is -0.497 e. The van der Waals surface area contributed by atoms with E-state index in [4.69, 9.17) is 10.5 Å². The molecule has 2 heterocycles. The number of aryl methyl sites for hydroxylation is 1. The normalized spacial score (nSPS) is 10.5. The monoisotopic (exact) mass is 415 g/mol. The van der Waals surface area contributed by atoms with Crippen molar-refractivity contribution in [2.24, 2.45) is 0 Å². The first kappa shape index (κ1) is 19.9. The maximum atomic E-state index is 12.4. The molecule has 4 aromatic rings. The number of nitrogen functional groups attached to an aromatic ring is 1. The molecule has 1 amide bonds. The lowest BCUT2D eigenvalue weighted by molar-refractivity contribution is 0.0962. The van der Waals surface area contributed by atoms with E-state index >= 15 is 0 Å². The zero-order chi connectivity index (χ0) is 21.8. The maximum absolute atomic E-state index is 12.4. The van der Waals surface area contributed by atoms with Crippen molar-refractivity contribution in [3.63, 3.8) is 0 Å². The van der Waals surface area contributed by atoms with Crippen LogP contribution in [0.25, 0.3) is 10.9 Å². The van der Waals surface area contributed by atoms with E-state index in [1.54, 1.807) is 31.4 Å². The van der Waals surface area contributed by atoms with Gasteiger partial charge in [-0.05, 0) is 43.3 Å². The minimum atomic E-state index is -0.344. The lowest BCUT2D eigenvalue weighted by atomic mass is 10.1. The van der Waals surface area contributed by atoms with Crippen LogP contribution in [0.5, 0.6) is 5.75 Å². The van der Waals surface area contributed by atoms with Crippen LogP contribution < -0.4 is 26.6 Å². The van der Waals surface area contributed by atoms with Crippen LogP contribution >= 0.6 is 0 Å². The number of benzene rings is 2. The molecule has 0 spiro atoms. The predicted octanol–water partition coefficient (Wildman–Crippen LogP) is 3.42. The quantitative estimate of drug-likeness (QED) is 0.353. The Balaban J connectivity index is 1.52. The standard InChI is InChI=1S/C22H21N7O2/c1-13-6-7-14-4-3-5-17(19(14)26-13)27-20-18(23)21(25-12-24-20)28-29-22(30)15-8-10-16(31-2)11-9-15/h3-12H,23H2,1-2H3,(H,29,30)(H2,24,25,27,28). The highest BCUT2D eigenvalue weighted by molar-refractivity contribution is 5.96. The van der Waals surface area contributed by atoms with Gasteiger partial charge in [0.05, 0.1) is 18.3 Å². The highest BCUT2D eigenvalue weighted by Crippen LogP contribution is 2.29. The van der Waals surface area contributed by atoms with Gasteiger partial charge in [0.2, 0.25) is 0 Å². The third-order valence-corrected chi connectivity index (χ3v) is 4.64. The number of para-hydroxylation sites is 1. The molecular formula is C22H21N7O2. The summed E-state index contributed by atoms with van der Waals surface area (Å²) in [6.07, 6.45) is 1.35. The number of fused-ring (bicyclic) bond motifs is 1. The van der Waals surface area contributed by atoms with Crippen LogP contribution in [-0.2, 0) is 0 Å². The summed E-state index contributed by atoms with van der Waals surface area (Å²) in [4.78, 5) is 25.3. The topological polar surface area (TPSA) is 127 Å². The van der Waals surface area contributed by atoms with Gasteiger partial charge in [-0.25, -0.2) is 9.97 Å². The third kappa shape index (κ3) is 4.30. The zero-order valence-electron chi connectivity index (χ0n) is 17.0. The number of carbonyl (C=O) groups is 1. The molecule has 0 aliphatic carbocycles. The first-order valence-corrected chi connectivity index (χ1v) is 9.49. The lowest BCUT2D eigenvalue weighted by Crippen LogP contribution is -2.30. The van der Waals surface area contributed by atoms with Crippen molar-refractivity contribution in [2.75, 3.05) is 23.6 Å². The molecule has 0 unspecified atom stereocenters. The summed E-state index contributed by atoms with van der Waals surface area (Å²) in [5, 5.41) is 4.20. The molecule has 9 nitrogen and oxygen atoms in total. The fraction of sp³-hybridized carbons (Fsp3) is 0.0909. The average molecular weight is 415 g/mol. The Bertz CT molecular complexity index is 1240. The van der Waals surface area contributed by atoms with Crippen LogP contribution in [0.3, 0.4) is 0 Å². The Morgan fingerprint density at radius 3 is 2.55 bits per heavy atom. The van der Waals surface area contributed by atoms with E-state index in [9.17, 15) is 4.79 Å². The van der Waals surface area contributed by atoms with Crippen molar-refractivity contribution in [1.82, 2.24) is 20.4 Å². The van der Waals surface area contributed by atoms with E-state index in [2.05, 4.69) is 31.1 Å². The molecule has 0 fully saturated rings. The van der Waals surface area contributed by atoms with Crippen molar-refractivity contribution in [1.29, 1.82) is 0 Å². The molecule has 2 aromatic carbocycles. The largest absolute Gasteiger partial charge is 0.497 e. The van der Waals surface area contributed by atoms with E-state index in [0.717, 1.165) is 22.3 Å². The number of ether oxygens (including phenoxy) is 1. The van der Waals surface area contributed by atoms with Gasteiger partial charge in [0.25, 0.3) is 5.91 Å².